The Morgan fingerprint density at radius 1 is 1.10 bits per heavy atom. The van der Waals surface area contributed by atoms with E-state index in [0.717, 1.165) is 31.3 Å². The summed E-state index contributed by atoms with van der Waals surface area (Å²) in [4.78, 5) is 24.4. The van der Waals surface area contributed by atoms with E-state index in [2.05, 4.69) is 34.3 Å². The highest BCUT2D eigenvalue weighted by Crippen LogP contribution is 2.69. The van der Waals surface area contributed by atoms with Gasteiger partial charge in [-0.05, 0) is 66.6 Å². The third-order valence-electron chi connectivity index (χ3n) is 8.85. The lowest BCUT2D eigenvalue weighted by molar-refractivity contribution is -0.181. The lowest BCUT2D eigenvalue weighted by Crippen LogP contribution is -2.59. The Balaban J connectivity index is 1.82. The predicted molar refractivity (Wildman–Crippen MR) is 116 cm³/mol. The number of carbonyl (C=O) groups is 2. The Morgan fingerprint density at radius 2 is 1.80 bits per heavy atom. The summed E-state index contributed by atoms with van der Waals surface area (Å²) in [6.45, 7) is 14.7. The number of esters is 2. The molecular weight excluding hydrogens is 380 g/mol. The van der Waals surface area contributed by atoms with Crippen LogP contribution in [-0.4, -0.2) is 36.4 Å². The highest BCUT2D eigenvalue weighted by Gasteiger charge is 2.62. The van der Waals surface area contributed by atoms with Gasteiger partial charge in [-0.25, -0.2) is 0 Å². The van der Waals surface area contributed by atoms with Gasteiger partial charge in [0.2, 0.25) is 0 Å². The van der Waals surface area contributed by atoms with Crippen molar-refractivity contribution >= 4 is 11.9 Å². The van der Waals surface area contributed by atoms with Crippen LogP contribution < -0.4 is 0 Å². The molecule has 0 aromatic rings. The molecule has 0 saturated heterocycles. The van der Waals surface area contributed by atoms with Crippen LogP contribution in [0.25, 0.3) is 0 Å². The van der Waals surface area contributed by atoms with Crippen LogP contribution in [-0.2, 0) is 19.1 Å². The molecule has 3 saturated carbocycles. The molecule has 0 heterocycles. The van der Waals surface area contributed by atoms with Crippen molar-refractivity contribution in [3.63, 3.8) is 0 Å². The van der Waals surface area contributed by atoms with Crippen LogP contribution in [0.15, 0.2) is 12.2 Å². The summed E-state index contributed by atoms with van der Waals surface area (Å²) in [5, 5.41) is 9.41. The zero-order chi connectivity index (χ0) is 22.3. The van der Waals surface area contributed by atoms with Crippen molar-refractivity contribution < 1.29 is 24.2 Å². The number of hydrogen-bond acceptors (Lipinski definition) is 5. The number of fused-ring (bicyclic) bond motifs is 3. The third kappa shape index (κ3) is 3.94. The van der Waals surface area contributed by atoms with Crippen LogP contribution in [0.2, 0.25) is 0 Å². The number of aliphatic hydroxyl groups excluding tert-OH is 1. The second-order valence-corrected chi connectivity index (χ2v) is 11.2. The van der Waals surface area contributed by atoms with Gasteiger partial charge in [0.25, 0.3) is 0 Å². The summed E-state index contributed by atoms with van der Waals surface area (Å²) >= 11 is 0. The van der Waals surface area contributed by atoms with Gasteiger partial charge in [0.05, 0.1) is 12.5 Å². The molecule has 3 aliphatic rings. The number of rotatable bonds is 5. The minimum absolute atomic E-state index is 0.119. The number of aliphatic hydroxyl groups is 1. The normalized spacial score (nSPS) is 38.7. The monoisotopic (exact) mass is 420 g/mol. The Morgan fingerprint density at radius 3 is 2.43 bits per heavy atom. The molecule has 0 bridgehead atoms. The van der Waals surface area contributed by atoms with Crippen molar-refractivity contribution in [2.45, 2.75) is 85.7 Å². The fourth-order valence-corrected chi connectivity index (χ4v) is 7.68. The number of carbonyl (C=O) groups excluding carboxylic acids is 2. The number of ether oxygens (including phenoxy) is 2. The molecule has 3 rings (SSSR count). The van der Waals surface area contributed by atoms with E-state index in [1.165, 1.54) is 26.2 Å². The lowest BCUT2D eigenvalue weighted by Gasteiger charge is -2.65. The standard InChI is InChI=1S/C25H40O5/c1-16-8-9-20-24(5)12-7-11-23(3,4)19(24)10-13-25(20,6)21(16)22(28)29-15-18(14-26)30-17(2)27/h18-21,26H,1,7-15H2,2-6H3/t18-,19+,20+,21+,24+,25+/m0/s1. The van der Waals surface area contributed by atoms with Gasteiger partial charge in [0, 0.05) is 6.92 Å². The van der Waals surface area contributed by atoms with E-state index >= 15 is 0 Å². The molecule has 0 radical (unpaired) electrons. The van der Waals surface area contributed by atoms with Crippen LogP contribution in [0.4, 0.5) is 0 Å². The average Bonchev–Trinajstić information content (AvgIpc) is 2.63. The van der Waals surface area contributed by atoms with E-state index in [9.17, 15) is 14.7 Å². The largest absolute Gasteiger partial charge is 0.461 e. The van der Waals surface area contributed by atoms with Crippen LogP contribution in [0, 0.1) is 34.0 Å². The van der Waals surface area contributed by atoms with E-state index in [1.807, 2.05) is 0 Å². The fourth-order valence-electron chi connectivity index (χ4n) is 7.68. The van der Waals surface area contributed by atoms with Gasteiger partial charge in [0.15, 0.2) is 6.10 Å². The van der Waals surface area contributed by atoms with E-state index in [4.69, 9.17) is 9.47 Å². The van der Waals surface area contributed by atoms with Gasteiger partial charge in [-0.1, -0.05) is 46.3 Å². The van der Waals surface area contributed by atoms with Crippen molar-refractivity contribution in [2.24, 2.45) is 34.0 Å². The Kier molecular flexibility index (Phi) is 6.44. The first-order valence-electron chi connectivity index (χ1n) is 11.6. The Hall–Kier alpha value is -1.36. The maximum absolute atomic E-state index is 13.3. The summed E-state index contributed by atoms with van der Waals surface area (Å²) in [6, 6.07) is 0. The van der Waals surface area contributed by atoms with Crippen molar-refractivity contribution in [3.05, 3.63) is 12.2 Å². The molecule has 30 heavy (non-hydrogen) atoms. The minimum Gasteiger partial charge on any atom is -0.461 e. The van der Waals surface area contributed by atoms with E-state index in [-0.39, 0.29) is 35.9 Å². The van der Waals surface area contributed by atoms with Crippen molar-refractivity contribution in [1.82, 2.24) is 0 Å². The molecule has 6 atom stereocenters. The first-order valence-corrected chi connectivity index (χ1v) is 11.6. The number of hydrogen-bond donors (Lipinski definition) is 1. The highest BCUT2D eigenvalue weighted by atomic mass is 16.6. The highest BCUT2D eigenvalue weighted by molar-refractivity contribution is 5.77. The molecule has 3 fully saturated rings. The molecular formula is C25H40O5. The SMILES string of the molecule is C=C1CC[C@H]2[C@@](C)(CC[C@@H]3C(C)(C)CCC[C@@]23C)[C@H]1C(=O)OC[C@H](CO)OC(C)=O. The Bertz CT molecular complexity index is 698. The summed E-state index contributed by atoms with van der Waals surface area (Å²) in [5.41, 5.74) is 1.38. The van der Waals surface area contributed by atoms with Crippen LogP contribution in [0.1, 0.15) is 79.6 Å². The molecule has 170 valence electrons. The van der Waals surface area contributed by atoms with Crippen LogP contribution in [0.3, 0.4) is 0 Å². The fraction of sp³-hybridized carbons (Fsp3) is 0.840. The van der Waals surface area contributed by atoms with Gasteiger partial charge in [-0.15, -0.1) is 0 Å². The van der Waals surface area contributed by atoms with Gasteiger partial charge in [-0.2, -0.15) is 0 Å². The lowest BCUT2D eigenvalue weighted by atomic mass is 9.39. The second kappa shape index (κ2) is 8.29. The molecule has 0 aromatic carbocycles. The van der Waals surface area contributed by atoms with Gasteiger partial charge >= 0.3 is 11.9 Å². The average molecular weight is 421 g/mol. The molecule has 0 aromatic heterocycles. The van der Waals surface area contributed by atoms with Gasteiger partial charge in [0.1, 0.15) is 6.61 Å². The first kappa shape index (κ1) is 23.3. The van der Waals surface area contributed by atoms with Crippen LogP contribution in [0.5, 0.6) is 0 Å². The quantitative estimate of drug-likeness (QED) is 0.517. The molecule has 0 amide bonds. The van der Waals surface area contributed by atoms with Crippen molar-refractivity contribution in [2.75, 3.05) is 13.2 Å². The molecule has 1 N–H and O–H groups in total. The van der Waals surface area contributed by atoms with E-state index in [0.29, 0.717) is 17.3 Å². The summed E-state index contributed by atoms with van der Waals surface area (Å²) < 4.78 is 10.6. The van der Waals surface area contributed by atoms with Crippen LogP contribution >= 0.6 is 0 Å². The zero-order valence-electron chi connectivity index (χ0n) is 19.5. The zero-order valence-corrected chi connectivity index (χ0v) is 19.5. The summed E-state index contributed by atoms with van der Waals surface area (Å²) in [7, 11) is 0. The molecule has 0 spiro atoms. The van der Waals surface area contributed by atoms with E-state index in [1.54, 1.807) is 0 Å². The van der Waals surface area contributed by atoms with Crippen molar-refractivity contribution in [1.29, 1.82) is 0 Å². The molecule has 3 aliphatic carbocycles. The first-order chi connectivity index (χ1) is 14.0. The maximum atomic E-state index is 13.3. The maximum Gasteiger partial charge on any atom is 0.313 e. The third-order valence-corrected chi connectivity index (χ3v) is 8.85. The van der Waals surface area contributed by atoms with E-state index < -0.39 is 12.1 Å². The molecule has 5 heteroatoms. The van der Waals surface area contributed by atoms with Crippen molar-refractivity contribution in [3.8, 4) is 0 Å². The minimum atomic E-state index is -0.820. The summed E-state index contributed by atoms with van der Waals surface area (Å²) in [5.74, 6) is 0.0343. The molecule has 5 nitrogen and oxygen atoms in total. The summed E-state index contributed by atoms with van der Waals surface area (Å²) in [6.07, 6.45) is 7.05. The predicted octanol–water partition coefficient (Wildman–Crippen LogP) is 4.67. The Labute approximate surface area is 181 Å². The topological polar surface area (TPSA) is 72.8 Å². The van der Waals surface area contributed by atoms with Gasteiger partial charge in [-0.3, -0.25) is 9.59 Å². The molecule has 0 aliphatic heterocycles. The van der Waals surface area contributed by atoms with Gasteiger partial charge < -0.3 is 14.6 Å². The second-order valence-electron chi connectivity index (χ2n) is 11.2. The smallest absolute Gasteiger partial charge is 0.313 e. The molecule has 0 unspecified atom stereocenters.